The van der Waals surface area contributed by atoms with Crippen LogP contribution in [0, 0.1) is 5.82 Å². The number of rotatable bonds is 4. The van der Waals surface area contributed by atoms with Gasteiger partial charge in [0.05, 0.1) is 0 Å². The van der Waals surface area contributed by atoms with Gasteiger partial charge in [0, 0.05) is 18.7 Å². The highest BCUT2D eigenvalue weighted by Gasteiger charge is 2.14. The molecule has 21 heavy (non-hydrogen) atoms. The molecule has 110 valence electrons. The fourth-order valence-corrected chi connectivity index (χ4v) is 2.06. The summed E-state index contributed by atoms with van der Waals surface area (Å²) in [5.41, 5.74) is 1.57. The number of carbonyl (C=O) groups excluding carboxylic acids is 1. The zero-order valence-electron chi connectivity index (χ0n) is 12.2. The third-order valence-corrected chi connectivity index (χ3v) is 3.26. The molecular formula is C17H18FNO2. The van der Waals surface area contributed by atoms with Gasteiger partial charge in [0.15, 0.2) is 0 Å². The van der Waals surface area contributed by atoms with E-state index >= 15 is 0 Å². The van der Waals surface area contributed by atoms with Crippen LogP contribution in [-0.2, 0) is 0 Å². The van der Waals surface area contributed by atoms with Gasteiger partial charge in [0.2, 0.25) is 0 Å². The van der Waals surface area contributed by atoms with E-state index < -0.39 is 0 Å². The van der Waals surface area contributed by atoms with Gasteiger partial charge >= 0.3 is 6.09 Å². The maximum Gasteiger partial charge on any atom is 0.415 e. The average molecular weight is 287 g/mol. The zero-order chi connectivity index (χ0) is 15.2. The molecule has 2 aromatic carbocycles. The number of ether oxygens (including phenoxy) is 1. The summed E-state index contributed by atoms with van der Waals surface area (Å²) in [5, 5.41) is 0. The molecule has 0 saturated heterocycles. The highest BCUT2D eigenvalue weighted by molar-refractivity contribution is 5.77. The second kappa shape index (κ2) is 6.88. The number of amides is 1. The van der Waals surface area contributed by atoms with Gasteiger partial charge in [-0.25, -0.2) is 9.18 Å². The van der Waals surface area contributed by atoms with Crippen LogP contribution in [0.15, 0.2) is 48.5 Å². The van der Waals surface area contributed by atoms with Crippen LogP contribution in [0.1, 0.15) is 13.8 Å². The Hall–Kier alpha value is -2.36. The third kappa shape index (κ3) is 3.60. The zero-order valence-corrected chi connectivity index (χ0v) is 12.2. The van der Waals surface area contributed by atoms with Crippen LogP contribution in [0.4, 0.5) is 9.18 Å². The quantitative estimate of drug-likeness (QED) is 0.837. The first-order chi connectivity index (χ1) is 10.2. The van der Waals surface area contributed by atoms with Crippen LogP contribution in [0.25, 0.3) is 11.1 Å². The number of carbonyl (C=O) groups is 1. The normalized spacial score (nSPS) is 10.2. The van der Waals surface area contributed by atoms with E-state index in [1.807, 2.05) is 26.0 Å². The fraction of sp³-hybridized carbons (Fsp3) is 0.235. The topological polar surface area (TPSA) is 29.5 Å². The van der Waals surface area contributed by atoms with Crippen molar-refractivity contribution in [2.24, 2.45) is 0 Å². The van der Waals surface area contributed by atoms with Gasteiger partial charge < -0.3 is 9.64 Å². The predicted octanol–water partition coefficient (Wildman–Crippen LogP) is 4.33. The van der Waals surface area contributed by atoms with Crippen LogP contribution < -0.4 is 4.74 Å². The molecule has 0 aliphatic carbocycles. The Morgan fingerprint density at radius 2 is 1.67 bits per heavy atom. The summed E-state index contributed by atoms with van der Waals surface area (Å²) in [5.74, 6) is 0.178. The van der Waals surface area contributed by atoms with Gasteiger partial charge in [-0.2, -0.15) is 0 Å². The molecule has 0 heterocycles. The Balaban J connectivity index is 2.29. The van der Waals surface area contributed by atoms with E-state index in [4.69, 9.17) is 4.74 Å². The van der Waals surface area contributed by atoms with Gasteiger partial charge in [0.25, 0.3) is 0 Å². The van der Waals surface area contributed by atoms with Gasteiger partial charge in [0.1, 0.15) is 11.6 Å². The number of benzene rings is 2. The van der Waals surface area contributed by atoms with Gasteiger partial charge in [-0.1, -0.05) is 30.3 Å². The van der Waals surface area contributed by atoms with Crippen LogP contribution in [0.2, 0.25) is 0 Å². The van der Waals surface area contributed by atoms with Crippen LogP contribution in [0.5, 0.6) is 5.75 Å². The van der Waals surface area contributed by atoms with Gasteiger partial charge in [-0.05, 0) is 37.6 Å². The van der Waals surface area contributed by atoms with Crippen molar-refractivity contribution in [2.45, 2.75) is 13.8 Å². The first-order valence-corrected chi connectivity index (χ1v) is 6.97. The monoisotopic (exact) mass is 287 g/mol. The van der Waals surface area contributed by atoms with Crippen molar-refractivity contribution in [1.29, 1.82) is 0 Å². The summed E-state index contributed by atoms with van der Waals surface area (Å²) in [6, 6.07) is 13.3. The minimum Gasteiger partial charge on any atom is -0.410 e. The molecule has 1 amide bonds. The Morgan fingerprint density at radius 3 is 2.29 bits per heavy atom. The second-order valence-corrected chi connectivity index (χ2v) is 4.54. The Bertz CT molecular complexity index is 606. The van der Waals surface area contributed by atoms with E-state index in [1.54, 1.807) is 29.2 Å². The van der Waals surface area contributed by atoms with Crippen molar-refractivity contribution in [1.82, 2.24) is 4.90 Å². The number of para-hydroxylation sites is 1. The summed E-state index contributed by atoms with van der Waals surface area (Å²) in [4.78, 5) is 13.7. The molecule has 0 unspecified atom stereocenters. The molecule has 2 rings (SSSR count). The van der Waals surface area contributed by atoms with Crippen molar-refractivity contribution in [3.63, 3.8) is 0 Å². The van der Waals surface area contributed by atoms with E-state index in [1.165, 1.54) is 12.1 Å². The summed E-state index contributed by atoms with van der Waals surface area (Å²) < 4.78 is 18.5. The lowest BCUT2D eigenvalue weighted by Gasteiger charge is -2.19. The van der Waals surface area contributed by atoms with Crippen LogP contribution >= 0.6 is 0 Å². The fourth-order valence-electron chi connectivity index (χ4n) is 2.06. The Labute approximate surface area is 124 Å². The molecule has 0 aliphatic heterocycles. The Kier molecular flexibility index (Phi) is 4.93. The van der Waals surface area contributed by atoms with Crippen molar-refractivity contribution >= 4 is 6.09 Å². The SMILES string of the molecule is CCN(CC)C(=O)Oc1ccccc1-c1ccc(F)cc1. The number of hydrogen-bond acceptors (Lipinski definition) is 2. The lowest BCUT2D eigenvalue weighted by Crippen LogP contribution is -2.33. The van der Waals surface area contributed by atoms with E-state index in [0.29, 0.717) is 18.8 Å². The molecule has 0 bridgehead atoms. The number of nitrogens with zero attached hydrogens (tertiary/aromatic N) is 1. The number of halogens is 1. The van der Waals surface area contributed by atoms with Gasteiger partial charge in [-0.3, -0.25) is 0 Å². The molecular weight excluding hydrogens is 269 g/mol. The standard InChI is InChI=1S/C17H18FNO2/c1-3-19(4-2)17(20)21-16-8-6-5-7-15(16)13-9-11-14(18)12-10-13/h5-12H,3-4H2,1-2H3. The van der Waals surface area contributed by atoms with E-state index in [2.05, 4.69) is 0 Å². The van der Waals surface area contributed by atoms with Crippen molar-refractivity contribution in [3.05, 3.63) is 54.3 Å². The predicted molar refractivity (Wildman–Crippen MR) is 80.8 cm³/mol. The smallest absolute Gasteiger partial charge is 0.410 e. The number of hydrogen-bond donors (Lipinski definition) is 0. The van der Waals surface area contributed by atoms with Crippen molar-refractivity contribution < 1.29 is 13.9 Å². The molecule has 4 heteroatoms. The maximum absolute atomic E-state index is 13.0. The molecule has 0 saturated carbocycles. The lowest BCUT2D eigenvalue weighted by atomic mass is 10.0. The Morgan fingerprint density at radius 1 is 1.05 bits per heavy atom. The molecule has 0 atom stereocenters. The largest absolute Gasteiger partial charge is 0.415 e. The third-order valence-electron chi connectivity index (χ3n) is 3.26. The summed E-state index contributed by atoms with van der Waals surface area (Å²) >= 11 is 0. The molecule has 3 nitrogen and oxygen atoms in total. The minimum atomic E-state index is -0.380. The van der Waals surface area contributed by atoms with Gasteiger partial charge in [-0.15, -0.1) is 0 Å². The molecule has 0 N–H and O–H groups in total. The van der Waals surface area contributed by atoms with E-state index in [0.717, 1.165) is 11.1 Å². The first-order valence-electron chi connectivity index (χ1n) is 6.97. The van der Waals surface area contributed by atoms with Crippen LogP contribution in [-0.4, -0.2) is 24.1 Å². The molecule has 0 spiro atoms. The summed E-state index contributed by atoms with van der Waals surface area (Å²) in [7, 11) is 0. The van der Waals surface area contributed by atoms with E-state index in [-0.39, 0.29) is 11.9 Å². The maximum atomic E-state index is 13.0. The van der Waals surface area contributed by atoms with Crippen molar-refractivity contribution in [3.8, 4) is 16.9 Å². The molecule has 0 fully saturated rings. The molecule has 0 aliphatic rings. The first kappa shape index (κ1) is 15.0. The lowest BCUT2D eigenvalue weighted by molar-refractivity contribution is 0.157. The minimum absolute atomic E-state index is 0.295. The summed E-state index contributed by atoms with van der Waals surface area (Å²) in [6.07, 6.45) is -0.380. The van der Waals surface area contributed by atoms with E-state index in [9.17, 15) is 9.18 Å². The summed E-state index contributed by atoms with van der Waals surface area (Å²) in [6.45, 7) is 4.98. The van der Waals surface area contributed by atoms with Crippen molar-refractivity contribution in [2.75, 3.05) is 13.1 Å². The molecule has 0 aromatic heterocycles. The van der Waals surface area contributed by atoms with Crippen LogP contribution in [0.3, 0.4) is 0 Å². The molecule has 2 aromatic rings. The average Bonchev–Trinajstić information content (AvgIpc) is 2.50. The second-order valence-electron chi connectivity index (χ2n) is 4.54. The molecule has 0 radical (unpaired) electrons. The highest BCUT2D eigenvalue weighted by Crippen LogP contribution is 2.30. The highest BCUT2D eigenvalue weighted by atomic mass is 19.1.